The number of rotatable bonds is 4. The molecule has 0 aliphatic carbocycles. The first kappa shape index (κ1) is 12.8. The van der Waals surface area contributed by atoms with E-state index in [0.717, 1.165) is 11.8 Å². The number of urea groups is 1. The number of carbonyl (C=O) groups excluding carboxylic acids is 2. The summed E-state index contributed by atoms with van der Waals surface area (Å²) in [6.45, 7) is -0.333. The van der Waals surface area contributed by atoms with Gasteiger partial charge in [0.2, 0.25) is 5.91 Å². The van der Waals surface area contributed by atoms with Gasteiger partial charge < -0.3 is 14.9 Å². The fraction of sp³-hybridized carbons (Fsp3) is 0.714. The Labute approximate surface area is 81.5 Å². The van der Waals surface area contributed by atoms with Crippen molar-refractivity contribution < 1.29 is 24.5 Å². The van der Waals surface area contributed by atoms with Crippen molar-refractivity contribution in [1.82, 2.24) is 9.80 Å². The maximum absolute atomic E-state index is 11.4. The van der Waals surface area contributed by atoms with Crippen LogP contribution in [0, 0.1) is 0 Å². The van der Waals surface area contributed by atoms with Crippen LogP contribution in [0.2, 0.25) is 0 Å². The average molecular weight is 206 g/mol. The number of aliphatic hydroxyl groups is 2. The Hall–Kier alpha value is -1.18. The quantitative estimate of drug-likeness (QED) is 0.561. The molecule has 82 valence electrons. The molecule has 3 amide bonds. The lowest BCUT2D eigenvalue weighted by Gasteiger charge is -2.24. The van der Waals surface area contributed by atoms with Crippen molar-refractivity contribution in [1.29, 1.82) is 0 Å². The molecule has 0 radical (unpaired) electrons. The second kappa shape index (κ2) is 6.30. The molecule has 0 unspecified atom stereocenters. The number of hydrogen-bond acceptors (Lipinski definition) is 5. The van der Waals surface area contributed by atoms with Crippen LogP contribution in [0.25, 0.3) is 0 Å². The topological polar surface area (TPSA) is 90.3 Å². The van der Waals surface area contributed by atoms with Gasteiger partial charge in [-0.25, -0.2) is 9.69 Å². The van der Waals surface area contributed by atoms with Crippen molar-refractivity contribution in [2.75, 3.05) is 27.3 Å². The van der Waals surface area contributed by atoms with Crippen LogP contribution in [0.15, 0.2) is 0 Å². The Morgan fingerprint density at radius 2 is 1.86 bits per heavy atom. The third-order valence-electron chi connectivity index (χ3n) is 1.48. The van der Waals surface area contributed by atoms with Gasteiger partial charge in [0.25, 0.3) is 0 Å². The number of aliphatic hydroxyl groups excluding tert-OH is 2. The molecular formula is C7H14N2O5. The molecule has 7 heteroatoms. The summed E-state index contributed by atoms with van der Waals surface area (Å²) in [6.07, 6.45) is 0. The summed E-state index contributed by atoms with van der Waals surface area (Å²) in [7, 11) is 1.34. The standard InChI is InChI=1S/C7H14N2O5/c1-6(12)9(4-11)7(13)8(3-10)5-14-2/h10-11H,3-5H2,1-2H3. The Morgan fingerprint density at radius 3 is 2.14 bits per heavy atom. The van der Waals surface area contributed by atoms with E-state index >= 15 is 0 Å². The number of nitrogens with zero attached hydrogens (tertiary/aromatic N) is 2. The summed E-state index contributed by atoms with van der Waals surface area (Å²) in [4.78, 5) is 23.6. The number of hydrogen-bond donors (Lipinski definition) is 2. The van der Waals surface area contributed by atoms with E-state index in [-0.39, 0.29) is 6.73 Å². The van der Waals surface area contributed by atoms with Crippen LogP contribution >= 0.6 is 0 Å². The summed E-state index contributed by atoms with van der Waals surface area (Å²) >= 11 is 0. The van der Waals surface area contributed by atoms with E-state index in [4.69, 9.17) is 10.2 Å². The zero-order valence-corrected chi connectivity index (χ0v) is 8.13. The van der Waals surface area contributed by atoms with Crippen LogP contribution in [0.3, 0.4) is 0 Å². The zero-order valence-electron chi connectivity index (χ0n) is 8.13. The van der Waals surface area contributed by atoms with Gasteiger partial charge in [-0.05, 0) is 0 Å². The molecule has 0 fully saturated rings. The second-order valence-corrected chi connectivity index (χ2v) is 2.47. The molecule has 0 aromatic rings. The summed E-state index contributed by atoms with van der Waals surface area (Å²) in [5, 5.41) is 17.5. The Balaban J connectivity index is 4.45. The summed E-state index contributed by atoms with van der Waals surface area (Å²) < 4.78 is 4.62. The lowest BCUT2D eigenvalue weighted by atomic mass is 10.6. The van der Waals surface area contributed by atoms with E-state index in [2.05, 4.69) is 4.74 Å². The highest BCUT2D eigenvalue weighted by Gasteiger charge is 2.22. The maximum Gasteiger partial charge on any atom is 0.332 e. The van der Waals surface area contributed by atoms with E-state index in [1.807, 2.05) is 0 Å². The third-order valence-corrected chi connectivity index (χ3v) is 1.48. The fourth-order valence-electron chi connectivity index (χ4n) is 0.778. The van der Waals surface area contributed by atoms with E-state index < -0.39 is 25.4 Å². The van der Waals surface area contributed by atoms with Crippen LogP contribution in [0.1, 0.15) is 6.92 Å². The zero-order chi connectivity index (χ0) is 11.1. The number of amides is 3. The van der Waals surface area contributed by atoms with Gasteiger partial charge in [-0.2, -0.15) is 0 Å². The monoisotopic (exact) mass is 206 g/mol. The first-order chi connectivity index (χ1) is 6.58. The average Bonchev–Trinajstić information content (AvgIpc) is 2.14. The molecule has 0 spiro atoms. The Bertz CT molecular complexity index is 208. The van der Waals surface area contributed by atoms with Gasteiger partial charge in [-0.3, -0.25) is 9.69 Å². The van der Waals surface area contributed by atoms with Crippen molar-refractivity contribution in [3.8, 4) is 0 Å². The third kappa shape index (κ3) is 3.29. The molecule has 2 N–H and O–H groups in total. The van der Waals surface area contributed by atoms with Crippen molar-refractivity contribution in [2.45, 2.75) is 6.92 Å². The lowest BCUT2D eigenvalue weighted by molar-refractivity contribution is -0.130. The molecule has 0 aliphatic heterocycles. The van der Waals surface area contributed by atoms with Gasteiger partial charge in [-0.15, -0.1) is 0 Å². The van der Waals surface area contributed by atoms with Gasteiger partial charge in [-0.1, -0.05) is 0 Å². The highest BCUT2D eigenvalue weighted by atomic mass is 16.5. The van der Waals surface area contributed by atoms with Crippen molar-refractivity contribution in [3.05, 3.63) is 0 Å². The van der Waals surface area contributed by atoms with Crippen LogP contribution in [-0.4, -0.2) is 59.3 Å². The molecule has 7 nitrogen and oxygen atoms in total. The van der Waals surface area contributed by atoms with Crippen LogP contribution in [0.5, 0.6) is 0 Å². The fourth-order valence-corrected chi connectivity index (χ4v) is 0.778. The predicted octanol–water partition coefficient (Wildman–Crippen LogP) is -1.24. The molecule has 0 saturated heterocycles. The molecule has 0 aromatic carbocycles. The SMILES string of the molecule is COCN(CO)C(=O)N(CO)C(C)=O. The highest BCUT2D eigenvalue weighted by molar-refractivity contribution is 5.92. The first-order valence-corrected chi connectivity index (χ1v) is 3.86. The minimum Gasteiger partial charge on any atom is -0.376 e. The summed E-state index contributed by atoms with van der Waals surface area (Å²) in [6, 6.07) is -0.802. The normalized spacial score (nSPS) is 9.71. The second-order valence-electron chi connectivity index (χ2n) is 2.47. The molecule has 0 atom stereocenters. The van der Waals surface area contributed by atoms with Gasteiger partial charge in [0.15, 0.2) is 0 Å². The largest absolute Gasteiger partial charge is 0.376 e. The van der Waals surface area contributed by atoms with Crippen molar-refractivity contribution in [3.63, 3.8) is 0 Å². The van der Waals surface area contributed by atoms with E-state index in [1.54, 1.807) is 0 Å². The first-order valence-electron chi connectivity index (χ1n) is 3.86. The van der Waals surface area contributed by atoms with Crippen molar-refractivity contribution in [2.24, 2.45) is 0 Å². The van der Waals surface area contributed by atoms with Crippen molar-refractivity contribution >= 4 is 11.9 Å². The molecular weight excluding hydrogens is 192 g/mol. The Morgan fingerprint density at radius 1 is 1.29 bits per heavy atom. The smallest absolute Gasteiger partial charge is 0.332 e. The number of imide groups is 1. The predicted molar refractivity (Wildman–Crippen MR) is 45.8 cm³/mol. The van der Waals surface area contributed by atoms with Crippen LogP contribution in [0.4, 0.5) is 4.79 Å². The minimum absolute atomic E-state index is 0.154. The minimum atomic E-state index is -0.802. The molecule has 14 heavy (non-hydrogen) atoms. The summed E-state index contributed by atoms with van der Waals surface area (Å²) in [5.41, 5.74) is 0. The Kier molecular flexibility index (Phi) is 5.77. The maximum atomic E-state index is 11.4. The summed E-state index contributed by atoms with van der Waals surface area (Å²) in [5.74, 6) is -0.605. The number of methoxy groups -OCH3 is 1. The lowest BCUT2D eigenvalue weighted by Crippen LogP contribution is -2.46. The number of carbonyl (C=O) groups is 2. The number of ether oxygens (including phenoxy) is 1. The molecule has 0 bridgehead atoms. The molecule has 0 heterocycles. The van der Waals surface area contributed by atoms with Crippen LogP contribution < -0.4 is 0 Å². The van der Waals surface area contributed by atoms with Gasteiger partial charge in [0.05, 0.1) is 0 Å². The molecule has 0 aliphatic rings. The van der Waals surface area contributed by atoms with Crippen LogP contribution in [-0.2, 0) is 9.53 Å². The van der Waals surface area contributed by atoms with Gasteiger partial charge >= 0.3 is 6.03 Å². The highest BCUT2D eigenvalue weighted by Crippen LogP contribution is 1.98. The van der Waals surface area contributed by atoms with E-state index in [9.17, 15) is 9.59 Å². The van der Waals surface area contributed by atoms with E-state index in [0.29, 0.717) is 4.90 Å². The van der Waals surface area contributed by atoms with E-state index in [1.165, 1.54) is 7.11 Å². The molecule has 0 saturated carbocycles. The van der Waals surface area contributed by atoms with Gasteiger partial charge in [0, 0.05) is 14.0 Å². The van der Waals surface area contributed by atoms with Gasteiger partial charge in [0.1, 0.15) is 20.2 Å². The molecule has 0 aromatic heterocycles. The molecule has 0 rings (SSSR count).